The van der Waals surface area contributed by atoms with Gasteiger partial charge in [-0.2, -0.15) is 0 Å². The van der Waals surface area contributed by atoms with E-state index in [1.165, 1.54) is 31.2 Å². The highest BCUT2D eigenvalue weighted by Gasteiger charge is 2.47. The molecule has 0 aromatic heterocycles. The first kappa shape index (κ1) is 21.0. The predicted molar refractivity (Wildman–Crippen MR) is 115 cm³/mol. The first-order valence-corrected chi connectivity index (χ1v) is 14.1. The van der Waals surface area contributed by atoms with E-state index in [1.54, 1.807) is 5.19 Å². The summed E-state index contributed by atoms with van der Waals surface area (Å²) in [6.45, 7) is 10.9. The summed E-state index contributed by atoms with van der Waals surface area (Å²) in [5.41, 5.74) is 1.46. The van der Waals surface area contributed by atoms with Crippen molar-refractivity contribution in [3.05, 3.63) is 29.8 Å². The molecule has 2 aliphatic rings. The molecule has 0 bridgehead atoms. The number of hydrogen-bond acceptors (Lipinski definition) is 4. The standard InChI is InChI=1S/C22H38N2O2Si/c1-25-15-13-23-20-11-6-7-12-21(20)24(14-16-26-2)22(23)18-9-8-10-19(17-18)27(3,4)5/h8-10,17,20-22H,6-7,11-16H2,1-5H3/t20-,21-/m1/s1. The molecule has 1 saturated carbocycles. The van der Waals surface area contributed by atoms with Gasteiger partial charge in [0.2, 0.25) is 0 Å². The van der Waals surface area contributed by atoms with E-state index in [0.717, 1.165) is 26.3 Å². The number of ether oxygens (including phenoxy) is 2. The molecule has 3 rings (SSSR count). The van der Waals surface area contributed by atoms with E-state index in [2.05, 4.69) is 53.7 Å². The van der Waals surface area contributed by atoms with Crippen LogP contribution in [-0.4, -0.2) is 70.5 Å². The summed E-state index contributed by atoms with van der Waals surface area (Å²) in [7, 11) is 2.30. The van der Waals surface area contributed by atoms with Crippen molar-refractivity contribution in [2.24, 2.45) is 0 Å². The molecule has 0 radical (unpaired) electrons. The van der Waals surface area contributed by atoms with Crippen LogP contribution in [0, 0.1) is 0 Å². The van der Waals surface area contributed by atoms with Crippen molar-refractivity contribution >= 4 is 13.3 Å². The lowest BCUT2D eigenvalue weighted by molar-refractivity contribution is 0.0642. The third kappa shape index (κ3) is 4.65. The second kappa shape index (κ2) is 9.18. The van der Waals surface area contributed by atoms with Crippen LogP contribution in [-0.2, 0) is 9.47 Å². The minimum atomic E-state index is -1.34. The molecule has 1 aliphatic heterocycles. The molecular weight excluding hydrogens is 352 g/mol. The molecule has 0 unspecified atom stereocenters. The third-order valence-corrected chi connectivity index (χ3v) is 8.38. The molecule has 4 nitrogen and oxygen atoms in total. The first-order chi connectivity index (χ1) is 13.0. The van der Waals surface area contributed by atoms with Gasteiger partial charge < -0.3 is 9.47 Å². The SMILES string of the molecule is COCCN1C(c2cccc([Si](C)(C)C)c2)N(CCOC)[C@@H]2CCCC[C@H]21. The molecule has 1 heterocycles. The summed E-state index contributed by atoms with van der Waals surface area (Å²) in [6, 6.07) is 10.7. The summed E-state index contributed by atoms with van der Waals surface area (Å²) in [5.74, 6) is 0. The average Bonchev–Trinajstić information content (AvgIpc) is 2.97. The zero-order valence-corrected chi connectivity index (χ0v) is 18.9. The molecule has 0 amide bonds. The lowest BCUT2D eigenvalue weighted by Crippen LogP contribution is -2.41. The van der Waals surface area contributed by atoms with E-state index < -0.39 is 8.07 Å². The number of methoxy groups -OCH3 is 2. The van der Waals surface area contributed by atoms with E-state index in [4.69, 9.17) is 9.47 Å². The van der Waals surface area contributed by atoms with Gasteiger partial charge in [0.15, 0.2) is 0 Å². The maximum Gasteiger partial charge on any atom is 0.0893 e. The van der Waals surface area contributed by atoms with Crippen LogP contribution in [0.3, 0.4) is 0 Å². The van der Waals surface area contributed by atoms with Crippen LogP contribution in [0.2, 0.25) is 19.6 Å². The van der Waals surface area contributed by atoms with Crippen molar-refractivity contribution < 1.29 is 9.47 Å². The first-order valence-electron chi connectivity index (χ1n) is 10.6. The quantitative estimate of drug-likeness (QED) is 0.635. The Morgan fingerprint density at radius 2 is 1.48 bits per heavy atom. The van der Waals surface area contributed by atoms with E-state index in [9.17, 15) is 0 Å². The van der Waals surface area contributed by atoms with E-state index >= 15 is 0 Å². The highest BCUT2D eigenvalue weighted by Crippen LogP contribution is 2.43. The van der Waals surface area contributed by atoms with Gasteiger partial charge >= 0.3 is 0 Å². The molecule has 5 heteroatoms. The molecule has 1 saturated heterocycles. The lowest BCUT2D eigenvalue weighted by Gasteiger charge is -2.33. The minimum Gasteiger partial charge on any atom is -0.383 e. The Hall–Kier alpha value is -0.723. The Balaban J connectivity index is 1.97. The Morgan fingerprint density at radius 1 is 0.926 bits per heavy atom. The average molecular weight is 391 g/mol. The Morgan fingerprint density at radius 3 is 1.96 bits per heavy atom. The van der Waals surface area contributed by atoms with Crippen LogP contribution >= 0.6 is 0 Å². The summed E-state index contributed by atoms with van der Waals surface area (Å²) < 4.78 is 11.0. The maximum absolute atomic E-state index is 5.48. The van der Waals surface area contributed by atoms with Crippen molar-refractivity contribution in [1.29, 1.82) is 0 Å². The summed E-state index contributed by atoms with van der Waals surface area (Å²) in [5, 5.41) is 1.55. The molecule has 0 N–H and O–H groups in total. The zero-order valence-electron chi connectivity index (χ0n) is 17.9. The summed E-state index contributed by atoms with van der Waals surface area (Å²) in [4.78, 5) is 5.46. The van der Waals surface area contributed by atoms with Gasteiger partial charge in [-0.05, 0) is 18.4 Å². The van der Waals surface area contributed by atoms with Crippen molar-refractivity contribution in [1.82, 2.24) is 9.80 Å². The molecule has 2 fully saturated rings. The van der Waals surface area contributed by atoms with Crippen molar-refractivity contribution in [2.75, 3.05) is 40.5 Å². The molecular formula is C22H38N2O2Si. The second-order valence-electron chi connectivity index (χ2n) is 9.13. The third-order valence-electron chi connectivity index (χ3n) is 6.33. The molecule has 152 valence electrons. The van der Waals surface area contributed by atoms with Gasteiger partial charge in [0.05, 0.1) is 27.5 Å². The van der Waals surface area contributed by atoms with Crippen LogP contribution in [0.1, 0.15) is 37.4 Å². The van der Waals surface area contributed by atoms with Gasteiger partial charge in [0, 0.05) is 39.4 Å². The van der Waals surface area contributed by atoms with Gasteiger partial charge in [-0.1, -0.05) is 61.9 Å². The smallest absolute Gasteiger partial charge is 0.0893 e. The molecule has 0 spiro atoms. The highest BCUT2D eigenvalue weighted by atomic mass is 28.3. The van der Waals surface area contributed by atoms with E-state index in [0.29, 0.717) is 18.2 Å². The Bertz CT molecular complexity index is 580. The van der Waals surface area contributed by atoms with Crippen LogP contribution in [0.15, 0.2) is 24.3 Å². The molecule has 1 aromatic rings. The molecule has 27 heavy (non-hydrogen) atoms. The monoisotopic (exact) mass is 390 g/mol. The summed E-state index contributed by atoms with van der Waals surface area (Å²) >= 11 is 0. The fourth-order valence-electron chi connectivity index (χ4n) is 4.94. The van der Waals surface area contributed by atoms with Crippen molar-refractivity contribution in [3.8, 4) is 0 Å². The Kier molecular flexibility index (Phi) is 7.14. The fourth-order valence-corrected chi connectivity index (χ4v) is 6.13. The van der Waals surface area contributed by atoms with Gasteiger partial charge in [0.1, 0.15) is 0 Å². The normalized spacial score (nSPS) is 25.1. The highest BCUT2D eigenvalue weighted by molar-refractivity contribution is 6.88. The van der Waals surface area contributed by atoms with Crippen LogP contribution < -0.4 is 5.19 Å². The van der Waals surface area contributed by atoms with Gasteiger partial charge in [-0.25, -0.2) is 0 Å². The lowest BCUT2D eigenvalue weighted by atomic mass is 9.90. The number of benzene rings is 1. The van der Waals surface area contributed by atoms with E-state index in [1.807, 2.05) is 14.2 Å². The van der Waals surface area contributed by atoms with Crippen LogP contribution in [0.5, 0.6) is 0 Å². The van der Waals surface area contributed by atoms with Gasteiger partial charge in [-0.3, -0.25) is 9.80 Å². The number of fused-ring (bicyclic) bond motifs is 1. The second-order valence-corrected chi connectivity index (χ2v) is 14.2. The zero-order chi connectivity index (χ0) is 19.4. The Labute approximate surface area is 166 Å². The number of nitrogens with zero attached hydrogens (tertiary/aromatic N) is 2. The maximum atomic E-state index is 5.48. The predicted octanol–water partition coefficient (Wildman–Crippen LogP) is 3.45. The summed E-state index contributed by atoms with van der Waals surface area (Å²) in [6.07, 6.45) is 5.67. The van der Waals surface area contributed by atoms with Crippen molar-refractivity contribution in [3.63, 3.8) is 0 Å². The molecule has 1 aromatic carbocycles. The minimum absolute atomic E-state index is 0.347. The number of rotatable bonds is 8. The van der Waals surface area contributed by atoms with Crippen LogP contribution in [0.4, 0.5) is 0 Å². The number of hydrogen-bond donors (Lipinski definition) is 0. The largest absolute Gasteiger partial charge is 0.383 e. The van der Waals surface area contributed by atoms with Crippen LogP contribution in [0.25, 0.3) is 0 Å². The van der Waals surface area contributed by atoms with E-state index in [-0.39, 0.29) is 0 Å². The van der Waals surface area contributed by atoms with Gasteiger partial charge in [-0.15, -0.1) is 0 Å². The molecule has 2 atom stereocenters. The topological polar surface area (TPSA) is 24.9 Å². The molecule has 1 aliphatic carbocycles. The van der Waals surface area contributed by atoms with Crippen molar-refractivity contribution in [2.45, 2.75) is 63.6 Å². The fraction of sp³-hybridized carbons (Fsp3) is 0.727. The van der Waals surface area contributed by atoms with Gasteiger partial charge in [0.25, 0.3) is 0 Å².